The molecular formula is C22H30Cl2N4O2. The smallest absolute Gasteiger partial charge is 0.255 e. The molecule has 0 aliphatic carbocycles. The molecule has 1 aromatic heterocycles. The fourth-order valence-electron chi connectivity index (χ4n) is 3.56. The standard InChI is InChI=1S/C22H28N4O2.2ClH/c1-16(19-5-3-9-24-15-19)12-21(27)25-14-17-4-2-6-20(13-17)26-22(28)18-7-10-23-11-8-18;;/h2,4,6-8,10-11,13,16,19,24H,3,5,9,12,14-15H2,1H3,(H,25,27)(H,26,28);2*1H. The van der Waals surface area contributed by atoms with Crippen molar-refractivity contribution in [1.29, 1.82) is 0 Å². The first kappa shape index (κ1) is 25.9. The number of nitrogens with one attached hydrogen (secondary N) is 3. The third-order valence-corrected chi connectivity index (χ3v) is 5.26. The summed E-state index contributed by atoms with van der Waals surface area (Å²) < 4.78 is 0. The van der Waals surface area contributed by atoms with Crippen LogP contribution in [0.25, 0.3) is 0 Å². The summed E-state index contributed by atoms with van der Waals surface area (Å²) in [6, 6.07) is 10.9. The molecule has 30 heavy (non-hydrogen) atoms. The topological polar surface area (TPSA) is 83.1 Å². The van der Waals surface area contributed by atoms with Gasteiger partial charge in [-0.3, -0.25) is 14.6 Å². The van der Waals surface area contributed by atoms with Gasteiger partial charge in [-0.2, -0.15) is 0 Å². The second kappa shape index (κ2) is 13.2. The first-order valence-electron chi connectivity index (χ1n) is 9.89. The van der Waals surface area contributed by atoms with Gasteiger partial charge in [0, 0.05) is 36.6 Å². The largest absolute Gasteiger partial charge is 0.352 e. The van der Waals surface area contributed by atoms with Gasteiger partial charge in [0.2, 0.25) is 5.91 Å². The molecule has 0 radical (unpaired) electrons. The lowest BCUT2D eigenvalue weighted by molar-refractivity contribution is -0.122. The lowest BCUT2D eigenvalue weighted by atomic mass is 9.85. The fraction of sp³-hybridized carbons (Fsp3) is 0.409. The fourth-order valence-corrected chi connectivity index (χ4v) is 3.56. The summed E-state index contributed by atoms with van der Waals surface area (Å²) in [5.74, 6) is 0.841. The monoisotopic (exact) mass is 452 g/mol. The molecule has 0 spiro atoms. The van der Waals surface area contributed by atoms with E-state index < -0.39 is 0 Å². The molecule has 3 rings (SSSR count). The molecular weight excluding hydrogens is 423 g/mol. The van der Waals surface area contributed by atoms with E-state index in [4.69, 9.17) is 0 Å². The van der Waals surface area contributed by atoms with Gasteiger partial charge in [0.25, 0.3) is 5.91 Å². The van der Waals surface area contributed by atoms with E-state index in [1.807, 2.05) is 24.3 Å². The molecule has 6 nitrogen and oxygen atoms in total. The van der Waals surface area contributed by atoms with Gasteiger partial charge < -0.3 is 16.0 Å². The summed E-state index contributed by atoms with van der Waals surface area (Å²) in [7, 11) is 0. The minimum absolute atomic E-state index is 0. The Kier molecular flexibility index (Phi) is 11.4. The van der Waals surface area contributed by atoms with Gasteiger partial charge in [-0.1, -0.05) is 19.1 Å². The van der Waals surface area contributed by atoms with E-state index in [1.165, 1.54) is 12.8 Å². The number of rotatable bonds is 7. The molecule has 2 aromatic rings. The van der Waals surface area contributed by atoms with E-state index >= 15 is 0 Å². The molecule has 1 aromatic carbocycles. The van der Waals surface area contributed by atoms with Crippen LogP contribution < -0.4 is 16.0 Å². The van der Waals surface area contributed by atoms with Crippen LogP contribution in [0.1, 0.15) is 42.1 Å². The highest BCUT2D eigenvalue weighted by Crippen LogP contribution is 2.22. The Morgan fingerprint density at radius 3 is 2.67 bits per heavy atom. The van der Waals surface area contributed by atoms with E-state index in [-0.39, 0.29) is 36.6 Å². The molecule has 164 valence electrons. The highest BCUT2D eigenvalue weighted by Gasteiger charge is 2.21. The van der Waals surface area contributed by atoms with Gasteiger partial charge in [0.05, 0.1) is 0 Å². The number of benzene rings is 1. The Morgan fingerprint density at radius 1 is 1.20 bits per heavy atom. The quantitative estimate of drug-likeness (QED) is 0.595. The summed E-state index contributed by atoms with van der Waals surface area (Å²) >= 11 is 0. The second-order valence-corrected chi connectivity index (χ2v) is 7.45. The lowest BCUT2D eigenvalue weighted by Crippen LogP contribution is -2.35. The number of aromatic nitrogens is 1. The van der Waals surface area contributed by atoms with Gasteiger partial charge >= 0.3 is 0 Å². The highest BCUT2D eigenvalue weighted by atomic mass is 35.5. The molecule has 1 aliphatic heterocycles. The van der Waals surface area contributed by atoms with Crippen molar-refractivity contribution < 1.29 is 9.59 Å². The van der Waals surface area contributed by atoms with Crippen molar-refractivity contribution in [3.8, 4) is 0 Å². The van der Waals surface area contributed by atoms with Crippen LogP contribution in [0.2, 0.25) is 0 Å². The zero-order chi connectivity index (χ0) is 19.8. The van der Waals surface area contributed by atoms with Crippen molar-refractivity contribution in [1.82, 2.24) is 15.6 Å². The van der Waals surface area contributed by atoms with Crippen molar-refractivity contribution in [3.63, 3.8) is 0 Å². The highest BCUT2D eigenvalue weighted by molar-refractivity contribution is 6.04. The molecule has 2 atom stereocenters. The van der Waals surface area contributed by atoms with Crippen LogP contribution >= 0.6 is 24.8 Å². The average molecular weight is 453 g/mol. The minimum Gasteiger partial charge on any atom is -0.352 e. The Hall–Kier alpha value is -2.15. The third kappa shape index (κ3) is 7.94. The molecule has 3 N–H and O–H groups in total. The Labute approximate surface area is 190 Å². The number of amides is 2. The summed E-state index contributed by atoms with van der Waals surface area (Å²) in [4.78, 5) is 28.5. The zero-order valence-electron chi connectivity index (χ0n) is 17.1. The SMILES string of the molecule is CC(CC(=O)NCc1cccc(NC(=O)c2ccncc2)c1)C1CCCNC1.Cl.Cl. The number of carbonyl (C=O) groups excluding carboxylic acids is 2. The Bertz CT molecular complexity index is 799. The Balaban J connectivity index is 0.00000225. The molecule has 8 heteroatoms. The molecule has 2 unspecified atom stereocenters. The van der Waals surface area contributed by atoms with Crippen LogP contribution in [0, 0.1) is 11.8 Å². The molecule has 1 fully saturated rings. The summed E-state index contributed by atoms with van der Waals surface area (Å²) in [6.07, 6.45) is 6.11. The minimum atomic E-state index is -0.182. The summed E-state index contributed by atoms with van der Waals surface area (Å²) in [6.45, 7) is 4.71. The lowest BCUT2D eigenvalue weighted by Gasteiger charge is -2.28. The van der Waals surface area contributed by atoms with E-state index in [9.17, 15) is 9.59 Å². The number of piperidine rings is 1. The van der Waals surface area contributed by atoms with Crippen LogP contribution in [0.4, 0.5) is 5.69 Å². The third-order valence-electron chi connectivity index (χ3n) is 5.26. The van der Waals surface area contributed by atoms with Gasteiger partial charge in [0.15, 0.2) is 0 Å². The van der Waals surface area contributed by atoms with E-state index in [2.05, 4.69) is 27.9 Å². The van der Waals surface area contributed by atoms with Crippen molar-refractivity contribution in [3.05, 3.63) is 59.9 Å². The first-order chi connectivity index (χ1) is 13.6. The Morgan fingerprint density at radius 2 is 1.97 bits per heavy atom. The maximum Gasteiger partial charge on any atom is 0.255 e. The van der Waals surface area contributed by atoms with E-state index in [1.54, 1.807) is 24.5 Å². The second-order valence-electron chi connectivity index (χ2n) is 7.45. The molecule has 0 bridgehead atoms. The van der Waals surface area contributed by atoms with Crippen molar-refractivity contribution in [2.24, 2.45) is 11.8 Å². The van der Waals surface area contributed by atoms with Crippen molar-refractivity contribution in [2.45, 2.75) is 32.7 Å². The number of nitrogens with zero attached hydrogens (tertiary/aromatic N) is 1. The molecule has 1 saturated heterocycles. The number of carbonyl (C=O) groups is 2. The summed E-state index contributed by atoms with van der Waals surface area (Å²) in [5, 5.41) is 9.29. The van der Waals surface area contributed by atoms with Gasteiger partial charge in [-0.05, 0) is 67.6 Å². The maximum atomic E-state index is 12.3. The predicted octanol–water partition coefficient (Wildman–Crippen LogP) is 3.82. The van der Waals surface area contributed by atoms with Gasteiger partial charge in [-0.15, -0.1) is 24.8 Å². The summed E-state index contributed by atoms with van der Waals surface area (Å²) in [5.41, 5.74) is 2.21. The van der Waals surface area contributed by atoms with Crippen LogP contribution in [-0.2, 0) is 11.3 Å². The van der Waals surface area contributed by atoms with Gasteiger partial charge in [-0.25, -0.2) is 0 Å². The van der Waals surface area contributed by atoms with Crippen LogP contribution in [0.15, 0.2) is 48.8 Å². The van der Waals surface area contributed by atoms with Crippen LogP contribution in [0.3, 0.4) is 0 Å². The normalized spacial score (nSPS) is 16.4. The van der Waals surface area contributed by atoms with Crippen molar-refractivity contribution in [2.75, 3.05) is 18.4 Å². The van der Waals surface area contributed by atoms with Crippen LogP contribution in [0.5, 0.6) is 0 Å². The molecule has 0 saturated carbocycles. The number of hydrogen-bond donors (Lipinski definition) is 3. The number of anilines is 1. The van der Waals surface area contributed by atoms with Crippen LogP contribution in [-0.4, -0.2) is 29.9 Å². The van der Waals surface area contributed by atoms with E-state index in [0.717, 1.165) is 18.7 Å². The van der Waals surface area contributed by atoms with E-state index in [0.29, 0.717) is 36.1 Å². The first-order valence-corrected chi connectivity index (χ1v) is 9.89. The molecule has 2 heterocycles. The van der Waals surface area contributed by atoms with Gasteiger partial charge in [0.1, 0.15) is 0 Å². The average Bonchev–Trinajstić information content (AvgIpc) is 2.74. The number of hydrogen-bond acceptors (Lipinski definition) is 4. The number of halogens is 2. The number of pyridine rings is 1. The zero-order valence-corrected chi connectivity index (χ0v) is 18.7. The molecule has 2 amide bonds. The molecule has 1 aliphatic rings. The van der Waals surface area contributed by atoms with Crippen molar-refractivity contribution >= 4 is 42.3 Å². The predicted molar refractivity (Wildman–Crippen MR) is 124 cm³/mol. The maximum absolute atomic E-state index is 12.3.